The molecule has 2 fully saturated rings. The molecule has 2 atom stereocenters. The number of hydrogen-bond donors (Lipinski definition) is 2. The molecule has 0 radical (unpaired) electrons. The first-order valence-corrected chi connectivity index (χ1v) is 10.1. The van der Waals surface area contributed by atoms with Gasteiger partial charge in [-0.15, -0.1) is 0 Å². The molecule has 0 unspecified atom stereocenters. The van der Waals surface area contributed by atoms with E-state index < -0.39 is 0 Å². The zero-order chi connectivity index (χ0) is 18.6. The number of hydrogen-bond acceptors (Lipinski definition) is 2. The summed E-state index contributed by atoms with van der Waals surface area (Å²) in [5.41, 5.74) is 3.36. The van der Waals surface area contributed by atoms with Crippen LogP contribution in [0.4, 0.5) is 10.5 Å². The second-order valence-corrected chi connectivity index (χ2v) is 7.98. The number of urea groups is 1. The van der Waals surface area contributed by atoms with Crippen LogP contribution in [0.1, 0.15) is 43.2 Å². The van der Waals surface area contributed by atoms with Crippen LogP contribution in [0.2, 0.25) is 0 Å². The van der Waals surface area contributed by atoms with Gasteiger partial charge < -0.3 is 10.6 Å². The largest absolute Gasteiger partial charge is 0.335 e. The zero-order valence-corrected chi connectivity index (χ0v) is 16.0. The van der Waals surface area contributed by atoms with E-state index in [9.17, 15) is 4.79 Å². The molecule has 2 N–H and O–H groups in total. The first-order valence-electron chi connectivity index (χ1n) is 10.1. The van der Waals surface area contributed by atoms with Gasteiger partial charge in [0.2, 0.25) is 0 Å². The van der Waals surface area contributed by atoms with Gasteiger partial charge in [0.05, 0.1) is 0 Å². The first-order chi connectivity index (χ1) is 13.2. The number of anilines is 1. The fourth-order valence-corrected chi connectivity index (χ4v) is 4.71. The van der Waals surface area contributed by atoms with Crippen molar-refractivity contribution in [3.63, 3.8) is 0 Å². The van der Waals surface area contributed by atoms with Gasteiger partial charge in [0.15, 0.2) is 0 Å². The van der Waals surface area contributed by atoms with Crippen molar-refractivity contribution in [2.75, 3.05) is 5.32 Å². The van der Waals surface area contributed by atoms with Crippen molar-refractivity contribution in [2.24, 2.45) is 0 Å². The van der Waals surface area contributed by atoms with E-state index in [1.54, 1.807) is 0 Å². The Morgan fingerprint density at radius 2 is 1.67 bits per heavy atom. The molecule has 0 aromatic heterocycles. The van der Waals surface area contributed by atoms with Crippen LogP contribution >= 0.6 is 0 Å². The number of carbonyl (C=O) groups excluding carboxylic acids is 1. The summed E-state index contributed by atoms with van der Waals surface area (Å²) in [6.07, 6.45) is 5.87. The molecule has 2 aromatic carbocycles. The molecule has 0 spiro atoms. The topological polar surface area (TPSA) is 44.4 Å². The third kappa shape index (κ3) is 4.33. The lowest BCUT2D eigenvalue weighted by Crippen LogP contribution is -2.56. The summed E-state index contributed by atoms with van der Waals surface area (Å²) >= 11 is 0. The molecule has 4 nitrogen and oxygen atoms in total. The van der Waals surface area contributed by atoms with Gasteiger partial charge in [-0.2, -0.15) is 0 Å². The smallest absolute Gasteiger partial charge is 0.319 e. The minimum atomic E-state index is -0.0797. The minimum absolute atomic E-state index is 0.0797. The number of aryl methyl sites for hydroxylation is 1. The van der Waals surface area contributed by atoms with Crippen LogP contribution in [0.25, 0.3) is 0 Å². The van der Waals surface area contributed by atoms with Gasteiger partial charge in [0.1, 0.15) is 0 Å². The van der Waals surface area contributed by atoms with Crippen LogP contribution < -0.4 is 10.6 Å². The molecule has 27 heavy (non-hydrogen) atoms. The van der Waals surface area contributed by atoms with E-state index in [0.717, 1.165) is 30.6 Å². The van der Waals surface area contributed by atoms with Crippen molar-refractivity contribution < 1.29 is 4.79 Å². The third-order valence-electron chi connectivity index (χ3n) is 6.06. The summed E-state index contributed by atoms with van der Waals surface area (Å²) in [5.74, 6) is 0. The summed E-state index contributed by atoms with van der Waals surface area (Å²) < 4.78 is 0. The van der Waals surface area contributed by atoms with Crippen molar-refractivity contribution in [2.45, 2.75) is 63.7 Å². The van der Waals surface area contributed by atoms with Gasteiger partial charge in [0, 0.05) is 30.4 Å². The van der Waals surface area contributed by atoms with Crippen LogP contribution in [-0.2, 0) is 6.54 Å². The molecule has 2 amide bonds. The lowest BCUT2D eigenvalue weighted by molar-refractivity contribution is 0.0200. The molecule has 4 rings (SSSR count). The van der Waals surface area contributed by atoms with E-state index in [0.29, 0.717) is 12.1 Å². The van der Waals surface area contributed by atoms with E-state index in [1.165, 1.54) is 24.8 Å². The maximum atomic E-state index is 12.5. The zero-order valence-electron chi connectivity index (χ0n) is 16.0. The Hall–Kier alpha value is -2.33. The highest BCUT2D eigenvalue weighted by molar-refractivity contribution is 5.90. The average molecular weight is 364 g/mol. The predicted octanol–water partition coefficient (Wildman–Crippen LogP) is 4.70. The molecule has 2 saturated heterocycles. The lowest BCUT2D eigenvalue weighted by Gasteiger charge is -2.49. The summed E-state index contributed by atoms with van der Waals surface area (Å²) in [6.45, 7) is 3.04. The van der Waals surface area contributed by atoms with E-state index in [-0.39, 0.29) is 12.1 Å². The van der Waals surface area contributed by atoms with Crippen LogP contribution in [-0.4, -0.2) is 29.1 Å². The van der Waals surface area contributed by atoms with Gasteiger partial charge in [-0.05, 0) is 49.8 Å². The molecule has 2 bridgehead atoms. The Kier molecular flexibility index (Phi) is 5.44. The van der Waals surface area contributed by atoms with E-state index in [4.69, 9.17) is 0 Å². The number of fused-ring (bicyclic) bond motifs is 2. The first kappa shape index (κ1) is 18.1. The van der Waals surface area contributed by atoms with Crippen molar-refractivity contribution in [1.82, 2.24) is 10.2 Å². The summed E-state index contributed by atoms with van der Waals surface area (Å²) in [7, 11) is 0. The number of nitrogens with one attached hydrogen (secondary N) is 2. The second-order valence-electron chi connectivity index (χ2n) is 7.98. The standard InChI is InChI=1S/C23H29N3O/c1-17-8-5-6-13-22(17)25-23(27)24-19-14-20-11-7-12-21(15-19)26(20)16-18-9-3-2-4-10-18/h2-6,8-10,13,19-21H,7,11-12,14-16H2,1H3,(H2,24,25,27)/t20-,21-/m0/s1. The molecular weight excluding hydrogens is 334 g/mol. The van der Waals surface area contributed by atoms with Crippen molar-refractivity contribution >= 4 is 11.7 Å². The second kappa shape index (κ2) is 8.13. The van der Waals surface area contributed by atoms with Gasteiger partial charge >= 0.3 is 6.03 Å². The van der Waals surface area contributed by atoms with E-state index in [1.807, 2.05) is 31.2 Å². The third-order valence-corrected chi connectivity index (χ3v) is 6.06. The van der Waals surface area contributed by atoms with Crippen molar-refractivity contribution in [3.05, 3.63) is 65.7 Å². The molecule has 2 aliphatic rings. The highest BCUT2D eigenvalue weighted by Crippen LogP contribution is 2.35. The van der Waals surface area contributed by atoms with Crippen LogP contribution in [0.15, 0.2) is 54.6 Å². The fraction of sp³-hybridized carbons (Fsp3) is 0.435. The quantitative estimate of drug-likeness (QED) is 0.827. The predicted molar refractivity (Wildman–Crippen MR) is 110 cm³/mol. The highest BCUT2D eigenvalue weighted by Gasteiger charge is 2.38. The summed E-state index contributed by atoms with van der Waals surface area (Å²) in [4.78, 5) is 15.2. The molecule has 0 aliphatic carbocycles. The SMILES string of the molecule is Cc1ccccc1NC(=O)NC1C[C@@H]2CCC[C@@H](C1)N2Cc1ccccc1. The van der Waals surface area contributed by atoms with E-state index in [2.05, 4.69) is 45.9 Å². The molecule has 2 heterocycles. The maximum Gasteiger partial charge on any atom is 0.319 e. The Labute approximate surface area is 162 Å². The van der Waals surface area contributed by atoms with Crippen LogP contribution in [0, 0.1) is 6.92 Å². The normalized spacial score (nSPS) is 25.0. The van der Waals surface area contributed by atoms with Crippen molar-refractivity contribution in [3.8, 4) is 0 Å². The van der Waals surface area contributed by atoms with Crippen LogP contribution in [0.5, 0.6) is 0 Å². The van der Waals surface area contributed by atoms with Gasteiger partial charge in [-0.3, -0.25) is 4.90 Å². The Morgan fingerprint density at radius 1 is 1.00 bits per heavy atom. The summed E-state index contributed by atoms with van der Waals surface area (Å²) in [6, 6.07) is 20.0. The molecular formula is C23H29N3O. The molecule has 0 saturated carbocycles. The average Bonchev–Trinajstić information content (AvgIpc) is 2.65. The van der Waals surface area contributed by atoms with Crippen molar-refractivity contribution in [1.29, 1.82) is 0 Å². The molecule has 2 aliphatic heterocycles. The number of nitrogens with zero attached hydrogens (tertiary/aromatic N) is 1. The minimum Gasteiger partial charge on any atom is -0.335 e. The Balaban J connectivity index is 1.37. The highest BCUT2D eigenvalue weighted by atomic mass is 16.2. The number of amides is 2. The van der Waals surface area contributed by atoms with Crippen LogP contribution in [0.3, 0.4) is 0 Å². The van der Waals surface area contributed by atoms with Gasteiger partial charge in [0.25, 0.3) is 0 Å². The number of rotatable bonds is 4. The van der Waals surface area contributed by atoms with Gasteiger partial charge in [-0.25, -0.2) is 4.79 Å². The number of piperidine rings is 2. The maximum absolute atomic E-state index is 12.5. The lowest BCUT2D eigenvalue weighted by atomic mass is 9.81. The molecule has 2 aromatic rings. The monoisotopic (exact) mass is 363 g/mol. The Bertz CT molecular complexity index is 762. The summed E-state index contributed by atoms with van der Waals surface area (Å²) in [5, 5.41) is 6.24. The number of benzene rings is 2. The number of para-hydroxylation sites is 1. The van der Waals surface area contributed by atoms with Gasteiger partial charge in [-0.1, -0.05) is 55.0 Å². The van der Waals surface area contributed by atoms with E-state index >= 15 is 0 Å². The molecule has 4 heteroatoms. The molecule has 142 valence electrons. The number of carbonyl (C=O) groups is 1. The fourth-order valence-electron chi connectivity index (χ4n) is 4.71. The Morgan fingerprint density at radius 3 is 2.37 bits per heavy atom.